The zero-order chi connectivity index (χ0) is 15.5. The Morgan fingerprint density at radius 2 is 2.00 bits per heavy atom. The molecule has 3 rings (SSSR count). The fraction of sp³-hybridized carbons (Fsp3) is 0.562. The van der Waals surface area contributed by atoms with Gasteiger partial charge in [-0.3, -0.25) is 4.79 Å². The molecule has 22 heavy (non-hydrogen) atoms. The summed E-state index contributed by atoms with van der Waals surface area (Å²) < 4.78 is 5.57. The minimum atomic E-state index is -0.222. The van der Waals surface area contributed by atoms with Gasteiger partial charge >= 0.3 is 0 Å². The van der Waals surface area contributed by atoms with Crippen molar-refractivity contribution in [3.63, 3.8) is 0 Å². The highest BCUT2D eigenvalue weighted by Gasteiger charge is 2.33. The van der Waals surface area contributed by atoms with Crippen molar-refractivity contribution in [3.8, 4) is 0 Å². The highest BCUT2D eigenvalue weighted by atomic mass is 35.5. The van der Waals surface area contributed by atoms with E-state index < -0.39 is 0 Å². The number of nitrogens with zero attached hydrogens (tertiary/aromatic N) is 2. The first kappa shape index (κ1) is 15.6. The summed E-state index contributed by atoms with van der Waals surface area (Å²) in [6, 6.07) is 7.63. The Labute approximate surface area is 136 Å². The van der Waals surface area contributed by atoms with E-state index in [4.69, 9.17) is 16.3 Å². The molecule has 0 saturated carbocycles. The standard InChI is InChI=1S/C16H22ClN3O2/c1-12-15(18-6-11-22-12)16(21)20-9-7-19(8-10-20)14-5-3-2-4-13(14)17/h2-5,12,15,18H,6-11H2,1H3/t12-,15+/m1/s1. The first-order chi connectivity index (χ1) is 10.7. The predicted molar refractivity (Wildman–Crippen MR) is 87.4 cm³/mol. The smallest absolute Gasteiger partial charge is 0.242 e. The van der Waals surface area contributed by atoms with E-state index in [-0.39, 0.29) is 18.1 Å². The van der Waals surface area contributed by atoms with E-state index in [1.807, 2.05) is 36.1 Å². The third-order valence-corrected chi connectivity index (χ3v) is 4.69. The monoisotopic (exact) mass is 323 g/mol. The van der Waals surface area contributed by atoms with Crippen LogP contribution in [0.5, 0.6) is 0 Å². The lowest BCUT2D eigenvalue weighted by atomic mass is 10.1. The number of halogens is 1. The number of rotatable bonds is 2. The van der Waals surface area contributed by atoms with Crippen molar-refractivity contribution in [2.75, 3.05) is 44.2 Å². The Kier molecular flexibility index (Phi) is 4.86. The van der Waals surface area contributed by atoms with Crippen molar-refractivity contribution in [1.82, 2.24) is 10.2 Å². The highest BCUT2D eigenvalue weighted by molar-refractivity contribution is 6.33. The van der Waals surface area contributed by atoms with Crippen LogP contribution in [0.15, 0.2) is 24.3 Å². The lowest BCUT2D eigenvalue weighted by molar-refractivity contribution is -0.139. The predicted octanol–water partition coefficient (Wildman–Crippen LogP) is 1.37. The van der Waals surface area contributed by atoms with Crippen LogP contribution in [0.25, 0.3) is 0 Å². The van der Waals surface area contributed by atoms with Crippen LogP contribution < -0.4 is 10.2 Å². The average molecular weight is 324 g/mol. The fourth-order valence-corrected chi connectivity index (χ4v) is 3.34. The topological polar surface area (TPSA) is 44.8 Å². The molecule has 1 amide bonds. The minimum absolute atomic E-state index is 0.0668. The molecule has 0 radical (unpaired) electrons. The molecule has 0 spiro atoms. The Morgan fingerprint density at radius 3 is 2.68 bits per heavy atom. The molecule has 2 aliphatic rings. The van der Waals surface area contributed by atoms with Gasteiger partial charge in [-0.1, -0.05) is 23.7 Å². The number of amides is 1. The lowest BCUT2D eigenvalue weighted by Gasteiger charge is -2.39. The van der Waals surface area contributed by atoms with Crippen LogP contribution in [0.1, 0.15) is 6.92 Å². The number of carbonyl (C=O) groups excluding carboxylic acids is 1. The van der Waals surface area contributed by atoms with Gasteiger partial charge in [0.25, 0.3) is 0 Å². The summed E-state index contributed by atoms with van der Waals surface area (Å²) in [6.45, 7) is 6.40. The molecule has 5 nitrogen and oxygen atoms in total. The molecule has 0 aliphatic carbocycles. The molecule has 1 aromatic carbocycles. The number of piperazine rings is 1. The van der Waals surface area contributed by atoms with E-state index in [0.717, 1.165) is 43.4 Å². The lowest BCUT2D eigenvalue weighted by Crippen LogP contribution is -2.59. The number of anilines is 1. The van der Waals surface area contributed by atoms with Gasteiger partial charge in [0.15, 0.2) is 0 Å². The van der Waals surface area contributed by atoms with Crippen LogP contribution in [-0.4, -0.2) is 62.3 Å². The van der Waals surface area contributed by atoms with Crippen molar-refractivity contribution in [1.29, 1.82) is 0 Å². The number of hydrogen-bond donors (Lipinski definition) is 1. The first-order valence-electron chi connectivity index (χ1n) is 7.80. The summed E-state index contributed by atoms with van der Waals surface area (Å²) in [5, 5.41) is 4.03. The van der Waals surface area contributed by atoms with E-state index in [9.17, 15) is 4.79 Å². The van der Waals surface area contributed by atoms with Gasteiger partial charge in [0.05, 0.1) is 23.4 Å². The minimum Gasteiger partial charge on any atom is -0.375 e. The van der Waals surface area contributed by atoms with Crippen molar-refractivity contribution < 1.29 is 9.53 Å². The molecule has 2 heterocycles. The molecule has 1 N–H and O–H groups in total. The molecule has 0 bridgehead atoms. The summed E-state index contributed by atoms with van der Waals surface area (Å²) in [5.41, 5.74) is 1.05. The molecule has 6 heteroatoms. The maximum atomic E-state index is 12.6. The third-order valence-electron chi connectivity index (χ3n) is 4.37. The second-order valence-corrected chi connectivity index (χ2v) is 6.18. The molecule has 2 fully saturated rings. The second kappa shape index (κ2) is 6.86. The van der Waals surface area contributed by atoms with Crippen molar-refractivity contribution in [2.24, 2.45) is 0 Å². The van der Waals surface area contributed by atoms with E-state index >= 15 is 0 Å². The average Bonchev–Trinajstić information content (AvgIpc) is 2.55. The number of carbonyl (C=O) groups is 1. The van der Waals surface area contributed by atoms with Gasteiger partial charge in [0.1, 0.15) is 6.04 Å². The van der Waals surface area contributed by atoms with Crippen molar-refractivity contribution in [2.45, 2.75) is 19.1 Å². The van der Waals surface area contributed by atoms with Gasteiger partial charge in [-0.25, -0.2) is 0 Å². The number of benzene rings is 1. The van der Waals surface area contributed by atoms with Crippen LogP contribution in [-0.2, 0) is 9.53 Å². The first-order valence-corrected chi connectivity index (χ1v) is 8.18. The van der Waals surface area contributed by atoms with Gasteiger partial charge < -0.3 is 19.9 Å². The van der Waals surface area contributed by atoms with E-state index in [1.54, 1.807) is 0 Å². The van der Waals surface area contributed by atoms with Crippen LogP contribution in [0, 0.1) is 0 Å². The molecular formula is C16H22ClN3O2. The zero-order valence-electron chi connectivity index (χ0n) is 12.8. The van der Waals surface area contributed by atoms with Crippen LogP contribution >= 0.6 is 11.6 Å². The Bertz CT molecular complexity index is 532. The summed E-state index contributed by atoms with van der Waals surface area (Å²) >= 11 is 6.25. The normalized spacial score (nSPS) is 26.1. The zero-order valence-corrected chi connectivity index (χ0v) is 13.6. The number of ether oxygens (including phenoxy) is 1. The fourth-order valence-electron chi connectivity index (χ4n) is 3.08. The number of nitrogens with one attached hydrogen (secondary N) is 1. The quantitative estimate of drug-likeness (QED) is 0.893. The summed E-state index contributed by atoms with van der Waals surface area (Å²) in [7, 11) is 0. The van der Waals surface area contributed by atoms with E-state index in [1.165, 1.54) is 0 Å². The number of para-hydroxylation sites is 1. The Balaban J connectivity index is 1.59. The van der Waals surface area contributed by atoms with E-state index in [2.05, 4.69) is 10.2 Å². The molecule has 2 aliphatic heterocycles. The maximum Gasteiger partial charge on any atom is 0.242 e. The van der Waals surface area contributed by atoms with Gasteiger partial charge in [-0.2, -0.15) is 0 Å². The van der Waals surface area contributed by atoms with Gasteiger partial charge in [0, 0.05) is 32.7 Å². The molecule has 120 valence electrons. The third kappa shape index (κ3) is 3.21. The molecule has 1 aromatic rings. The summed E-state index contributed by atoms with van der Waals surface area (Å²) in [5.74, 6) is 0.144. The number of morpholine rings is 1. The molecule has 2 atom stereocenters. The molecule has 0 aromatic heterocycles. The van der Waals surface area contributed by atoms with Gasteiger partial charge in [-0.15, -0.1) is 0 Å². The maximum absolute atomic E-state index is 12.6. The Hall–Kier alpha value is -1.30. The van der Waals surface area contributed by atoms with E-state index in [0.29, 0.717) is 6.61 Å². The van der Waals surface area contributed by atoms with Crippen LogP contribution in [0.2, 0.25) is 5.02 Å². The van der Waals surface area contributed by atoms with Crippen LogP contribution in [0.4, 0.5) is 5.69 Å². The van der Waals surface area contributed by atoms with Crippen molar-refractivity contribution >= 4 is 23.2 Å². The van der Waals surface area contributed by atoms with Gasteiger partial charge in [0.2, 0.25) is 5.91 Å². The summed E-state index contributed by atoms with van der Waals surface area (Å²) in [4.78, 5) is 16.8. The van der Waals surface area contributed by atoms with Crippen LogP contribution in [0.3, 0.4) is 0 Å². The SMILES string of the molecule is C[C@H]1OCCN[C@@H]1C(=O)N1CCN(c2ccccc2Cl)CC1. The molecular weight excluding hydrogens is 302 g/mol. The number of hydrogen-bond acceptors (Lipinski definition) is 4. The second-order valence-electron chi connectivity index (χ2n) is 5.77. The van der Waals surface area contributed by atoms with Crippen molar-refractivity contribution in [3.05, 3.63) is 29.3 Å². The highest BCUT2D eigenvalue weighted by Crippen LogP contribution is 2.26. The van der Waals surface area contributed by atoms with Gasteiger partial charge in [-0.05, 0) is 19.1 Å². The molecule has 2 saturated heterocycles. The largest absolute Gasteiger partial charge is 0.375 e. The Morgan fingerprint density at radius 1 is 1.27 bits per heavy atom. The summed E-state index contributed by atoms with van der Waals surface area (Å²) in [6.07, 6.45) is -0.0668. The molecule has 0 unspecified atom stereocenters.